The lowest BCUT2D eigenvalue weighted by Crippen LogP contribution is -2.06. The maximum Gasteiger partial charge on any atom is 0.359 e. The van der Waals surface area contributed by atoms with Crippen LogP contribution in [0.2, 0.25) is 0 Å². The van der Waals surface area contributed by atoms with Gasteiger partial charge in [0.1, 0.15) is 0 Å². The van der Waals surface area contributed by atoms with Crippen LogP contribution in [-0.2, 0) is 4.74 Å². The summed E-state index contributed by atoms with van der Waals surface area (Å²) in [6.45, 7) is 3.90. The first-order valence-corrected chi connectivity index (χ1v) is 5.60. The van der Waals surface area contributed by atoms with E-state index in [1.54, 1.807) is 30.8 Å². The number of aromatic nitrogens is 3. The van der Waals surface area contributed by atoms with Gasteiger partial charge in [0.25, 0.3) is 0 Å². The summed E-state index contributed by atoms with van der Waals surface area (Å²) >= 11 is 3.29. The number of fused-ring (bicyclic) bond motifs is 1. The van der Waals surface area contributed by atoms with Gasteiger partial charge in [0.05, 0.1) is 11.1 Å². The first-order valence-electron chi connectivity index (χ1n) is 4.81. The fraction of sp³-hybridized carbons (Fsp3) is 0.300. The van der Waals surface area contributed by atoms with Crippen LogP contribution in [0.3, 0.4) is 0 Å². The van der Waals surface area contributed by atoms with Gasteiger partial charge < -0.3 is 4.74 Å². The van der Waals surface area contributed by atoms with Gasteiger partial charge in [-0.2, -0.15) is 5.10 Å². The molecule has 0 radical (unpaired) electrons. The lowest BCUT2D eigenvalue weighted by Gasteiger charge is -1.97. The zero-order valence-electron chi connectivity index (χ0n) is 8.90. The van der Waals surface area contributed by atoms with Crippen LogP contribution in [0.4, 0.5) is 0 Å². The number of rotatable bonds is 2. The quantitative estimate of drug-likeness (QED) is 0.791. The SMILES string of the molecule is CCOC(=O)c1nn2cc(Br)cnc2c1C. The predicted molar refractivity (Wildman–Crippen MR) is 61.4 cm³/mol. The van der Waals surface area contributed by atoms with E-state index in [1.807, 2.05) is 0 Å². The number of esters is 1. The number of carbonyl (C=O) groups is 1. The first kappa shape index (κ1) is 11.1. The molecule has 2 rings (SSSR count). The van der Waals surface area contributed by atoms with Crippen molar-refractivity contribution in [2.75, 3.05) is 6.61 Å². The van der Waals surface area contributed by atoms with Crippen molar-refractivity contribution in [2.45, 2.75) is 13.8 Å². The number of aryl methyl sites for hydroxylation is 1. The van der Waals surface area contributed by atoms with Gasteiger partial charge in [-0.15, -0.1) is 0 Å². The van der Waals surface area contributed by atoms with Crippen molar-refractivity contribution in [1.82, 2.24) is 14.6 Å². The average molecular weight is 284 g/mol. The molecule has 0 aromatic carbocycles. The van der Waals surface area contributed by atoms with Gasteiger partial charge in [-0.25, -0.2) is 14.3 Å². The Labute approximate surface area is 101 Å². The molecule has 0 aliphatic heterocycles. The Balaban J connectivity index is 2.55. The number of ether oxygens (including phenoxy) is 1. The Morgan fingerprint density at radius 1 is 1.62 bits per heavy atom. The Morgan fingerprint density at radius 3 is 3.06 bits per heavy atom. The summed E-state index contributed by atoms with van der Waals surface area (Å²) in [7, 11) is 0. The van der Waals surface area contributed by atoms with Crippen LogP contribution in [0, 0.1) is 6.92 Å². The zero-order chi connectivity index (χ0) is 11.7. The number of hydrogen-bond acceptors (Lipinski definition) is 4. The standard InChI is InChI=1S/C10H10BrN3O2/c1-3-16-10(15)8-6(2)9-12-4-7(11)5-14(9)13-8/h4-5H,3H2,1-2H3. The minimum absolute atomic E-state index is 0.312. The number of halogens is 1. The van der Waals surface area contributed by atoms with Crippen molar-refractivity contribution in [3.8, 4) is 0 Å². The Morgan fingerprint density at radius 2 is 2.38 bits per heavy atom. The molecule has 2 heterocycles. The van der Waals surface area contributed by atoms with Crippen molar-refractivity contribution in [1.29, 1.82) is 0 Å². The smallest absolute Gasteiger partial charge is 0.359 e. The minimum Gasteiger partial charge on any atom is -0.461 e. The van der Waals surface area contributed by atoms with Crippen LogP contribution < -0.4 is 0 Å². The molecule has 84 valence electrons. The van der Waals surface area contributed by atoms with Crippen LogP contribution in [0.1, 0.15) is 23.0 Å². The molecule has 2 aromatic heterocycles. The van der Waals surface area contributed by atoms with Gasteiger partial charge in [-0.1, -0.05) is 0 Å². The molecular weight excluding hydrogens is 274 g/mol. The molecule has 0 atom stereocenters. The van der Waals surface area contributed by atoms with E-state index in [4.69, 9.17) is 4.74 Å². The van der Waals surface area contributed by atoms with Crippen LogP contribution in [0.5, 0.6) is 0 Å². The normalized spacial score (nSPS) is 10.7. The molecule has 0 N–H and O–H groups in total. The van der Waals surface area contributed by atoms with E-state index in [2.05, 4.69) is 26.0 Å². The molecule has 0 aliphatic rings. The largest absolute Gasteiger partial charge is 0.461 e. The molecule has 0 aliphatic carbocycles. The predicted octanol–water partition coefficient (Wildman–Crippen LogP) is 1.98. The third-order valence-corrected chi connectivity index (χ3v) is 2.55. The summed E-state index contributed by atoms with van der Waals surface area (Å²) in [5, 5.41) is 4.14. The lowest BCUT2D eigenvalue weighted by atomic mass is 10.2. The summed E-state index contributed by atoms with van der Waals surface area (Å²) in [5.74, 6) is -0.415. The van der Waals surface area contributed by atoms with Crippen LogP contribution in [0.15, 0.2) is 16.9 Å². The molecule has 6 heteroatoms. The number of carbonyl (C=O) groups excluding carboxylic acids is 1. The highest BCUT2D eigenvalue weighted by Gasteiger charge is 2.17. The molecule has 0 amide bonds. The molecule has 0 saturated heterocycles. The molecule has 16 heavy (non-hydrogen) atoms. The first-order chi connectivity index (χ1) is 7.63. The maximum atomic E-state index is 11.6. The molecule has 0 bridgehead atoms. The summed E-state index contributed by atoms with van der Waals surface area (Å²) in [6, 6.07) is 0. The molecule has 5 nitrogen and oxygen atoms in total. The van der Waals surface area contributed by atoms with Gasteiger partial charge in [-0.05, 0) is 29.8 Å². The minimum atomic E-state index is -0.415. The monoisotopic (exact) mass is 283 g/mol. The van der Waals surface area contributed by atoms with Gasteiger partial charge in [0, 0.05) is 18.0 Å². The van der Waals surface area contributed by atoms with Crippen molar-refractivity contribution in [3.63, 3.8) is 0 Å². The van der Waals surface area contributed by atoms with Crippen LogP contribution >= 0.6 is 15.9 Å². The van der Waals surface area contributed by atoms with Gasteiger partial charge in [0.2, 0.25) is 0 Å². The summed E-state index contributed by atoms with van der Waals surface area (Å²) < 4.78 is 7.28. The zero-order valence-corrected chi connectivity index (χ0v) is 10.5. The Hall–Kier alpha value is -1.43. The van der Waals surface area contributed by atoms with E-state index in [0.717, 1.165) is 10.0 Å². The van der Waals surface area contributed by atoms with E-state index < -0.39 is 5.97 Å². The molecule has 0 saturated carbocycles. The number of nitrogens with zero attached hydrogens (tertiary/aromatic N) is 3. The van der Waals surface area contributed by atoms with Crippen LogP contribution in [0.25, 0.3) is 5.65 Å². The highest BCUT2D eigenvalue weighted by atomic mass is 79.9. The van der Waals surface area contributed by atoms with Gasteiger partial charge in [-0.3, -0.25) is 0 Å². The Bertz CT molecular complexity index is 550. The van der Waals surface area contributed by atoms with E-state index in [-0.39, 0.29) is 0 Å². The fourth-order valence-corrected chi connectivity index (χ4v) is 1.72. The summed E-state index contributed by atoms with van der Waals surface area (Å²) in [4.78, 5) is 15.8. The van der Waals surface area contributed by atoms with Crippen molar-refractivity contribution < 1.29 is 9.53 Å². The Kier molecular flexibility index (Phi) is 2.91. The maximum absolute atomic E-state index is 11.6. The molecule has 0 unspecified atom stereocenters. The van der Waals surface area contributed by atoms with E-state index >= 15 is 0 Å². The second kappa shape index (κ2) is 4.21. The lowest BCUT2D eigenvalue weighted by molar-refractivity contribution is 0.0518. The molecule has 2 aromatic rings. The summed E-state index contributed by atoms with van der Waals surface area (Å²) in [5.41, 5.74) is 1.70. The second-order valence-corrected chi connectivity index (χ2v) is 4.15. The van der Waals surface area contributed by atoms with Crippen molar-refractivity contribution in [2.24, 2.45) is 0 Å². The van der Waals surface area contributed by atoms with E-state index in [1.165, 1.54) is 0 Å². The van der Waals surface area contributed by atoms with E-state index in [0.29, 0.717) is 17.9 Å². The van der Waals surface area contributed by atoms with Gasteiger partial charge >= 0.3 is 5.97 Å². The molecule has 0 fully saturated rings. The van der Waals surface area contributed by atoms with Crippen molar-refractivity contribution in [3.05, 3.63) is 28.1 Å². The second-order valence-electron chi connectivity index (χ2n) is 3.23. The number of hydrogen-bond donors (Lipinski definition) is 0. The third kappa shape index (κ3) is 1.80. The highest BCUT2D eigenvalue weighted by molar-refractivity contribution is 9.10. The molecule has 0 spiro atoms. The highest BCUT2D eigenvalue weighted by Crippen LogP contribution is 2.16. The van der Waals surface area contributed by atoms with Gasteiger partial charge in [0.15, 0.2) is 11.3 Å². The third-order valence-electron chi connectivity index (χ3n) is 2.14. The molecular formula is C10H10BrN3O2. The van der Waals surface area contributed by atoms with E-state index in [9.17, 15) is 4.79 Å². The van der Waals surface area contributed by atoms with Crippen LogP contribution in [-0.4, -0.2) is 27.2 Å². The topological polar surface area (TPSA) is 56.5 Å². The summed E-state index contributed by atoms with van der Waals surface area (Å²) in [6.07, 6.45) is 3.41. The average Bonchev–Trinajstić information content (AvgIpc) is 2.56. The van der Waals surface area contributed by atoms with Crippen molar-refractivity contribution >= 4 is 27.5 Å². The fourth-order valence-electron chi connectivity index (χ4n) is 1.42.